The van der Waals surface area contributed by atoms with Crippen molar-refractivity contribution in [2.75, 3.05) is 26.2 Å². The van der Waals surface area contributed by atoms with Gasteiger partial charge in [-0.3, -0.25) is 4.90 Å². The van der Waals surface area contributed by atoms with Crippen LogP contribution in [-0.2, 0) is 10.0 Å². The van der Waals surface area contributed by atoms with Gasteiger partial charge in [-0.15, -0.1) is 0 Å². The van der Waals surface area contributed by atoms with Crippen LogP contribution in [0.15, 0.2) is 39.7 Å². The number of benzene rings is 1. The van der Waals surface area contributed by atoms with Crippen molar-refractivity contribution in [1.29, 1.82) is 0 Å². The normalized spacial score (nSPS) is 24.0. The maximum Gasteiger partial charge on any atom is 0.246 e. The van der Waals surface area contributed by atoms with Crippen LogP contribution < -0.4 is 0 Å². The van der Waals surface area contributed by atoms with Crippen LogP contribution in [0.4, 0.5) is 4.39 Å². The molecule has 4 nitrogen and oxygen atoms in total. The average Bonchev–Trinajstić information content (AvgIpc) is 3.11. The fraction of sp³-hybridized carbons (Fsp3) is 0.429. The van der Waals surface area contributed by atoms with E-state index in [2.05, 4.69) is 33.0 Å². The van der Waals surface area contributed by atoms with Crippen molar-refractivity contribution >= 4 is 26.0 Å². The second-order valence-corrected chi connectivity index (χ2v) is 8.13. The van der Waals surface area contributed by atoms with Crippen molar-refractivity contribution in [1.82, 2.24) is 9.21 Å². The van der Waals surface area contributed by atoms with Crippen LogP contribution in [0.5, 0.6) is 0 Å². The maximum absolute atomic E-state index is 13.9. The molecule has 2 aliphatic heterocycles. The largest absolute Gasteiger partial charge is 0.292 e. The number of sulfonamides is 1. The zero-order chi connectivity index (χ0) is 15.0. The fourth-order valence-electron chi connectivity index (χ4n) is 2.83. The summed E-state index contributed by atoms with van der Waals surface area (Å²) in [4.78, 5) is 1.99. The minimum absolute atomic E-state index is 0.213. The van der Waals surface area contributed by atoms with Crippen LogP contribution in [0.25, 0.3) is 0 Å². The molecule has 0 N–H and O–H groups in total. The number of hydrogen-bond donors (Lipinski definition) is 0. The molecule has 1 saturated heterocycles. The summed E-state index contributed by atoms with van der Waals surface area (Å²) in [7, 11) is -3.77. The van der Waals surface area contributed by atoms with Gasteiger partial charge in [-0.25, -0.2) is 12.8 Å². The van der Waals surface area contributed by atoms with Crippen molar-refractivity contribution in [2.24, 2.45) is 0 Å². The van der Waals surface area contributed by atoms with Crippen molar-refractivity contribution in [3.63, 3.8) is 0 Å². The summed E-state index contributed by atoms with van der Waals surface area (Å²) in [5, 5.41) is 0. The van der Waals surface area contributed by atoms with Gasteiger partial charge >= 0.3 is 0 Å². The van der Waals surface area contributed by atoms with E-state index in [0.717, 1.165) is 19.5 Å². The number of halogens is 2. The molecule has 7 heteroatoms. The third-order valence-corrected chi connectivity index (χ3v) is 6.37. The number of hydrogen-bond acceptors (Lipinski definition) is 3. The molecule has 0 amide bonds. The molecule has 2 aliphatic rings. The van der Waals surface area contributed by atoms with Crippen LogP contribution in [0.3, 0.4) is 0 Å². The van der Waals surface area contributed by atoms with E-state index in [-0.39, 0.29) is 10.9 Å². The smallest absolute Gasteiger partial charge is 0.246 e. The average molecular weight is 375 g/mol. The minimum atomic E-state index is -3.77. The SMILES string of the molecule is O=S(=O)(c1cc(Br)ccc1F)N1CCC(N2CC=CC2)C1. The van der Waals surface area contributed by atoms with E-state index in [9.17, 15) is 12.8 Å². The Hall–Kier alpha value is -0.760. The molecule has 1 fully saturated rings. The minimum Gasteiger partial charge on any atom is -0.292 e. The Bertz CT molecular complexity index is 670. The first-order valence-corrected chi connectivity index (χ1v) is 9.06. The summed E-state index contributed by atoms with van der Waals surface area (Å²) in [6.45, 7) is 2.60. The molecule has 3 rings (SSSR count). The molecule has 1 aromatic carbocycles. The van der Waals surface area contributed by atoms with Gasteiger partial charge in [0.2, 0.25) is 10.0 Å². The molecular formula is C14H16BrFN2O2S. The Morgan fingerprint density at radius 2 is 1.95 bits per heavy atom. The molecule has 2 heterocycles. The first-order valence-electron chi connectivity index (χ1n) is 6.83. The number of rotatable bonds is 3. The monoisotopic (exact) mass is 374 g/mol. The Balaban J connectivity index is 1.81. The van der Waals surface area contributed by atoms with Gasteiger partial charge in [0.05, 0.1) is 0 Å². The van der Waals surface area contributed by atoms with Gasteiger partial charge in [-0.2, -0.15) is 4.31 Å². The quantitative estimate of drug-likeness (QED) is 0.761. The summed E-state index contributed by atoms with van der Waals surface area (Å²) < 4.78 is 41.0. The van der Waals surface area contributed by atoms with Gasteiger partial charge in [-0.1, -0.05) is 28.1 Å². The summed E-state index contributed by atoms with van der Waals surface area (Å²) in [6.07, 6.45) is 4.97. The molecule has 0 spiro atoms. The molecule has 0 aromatic heterocycles. The van der Waals surface area contributed by atoms with Crippen LogP contribution in [0, 0.1) is 5.82 Å². The predicted octanol–water partition coefficient (Wildman–Crippen LogP) is 2.22. The molecule has 114 valence electrons. The van der Waals surface area contributed by atoms with Gasteiger partial charge < -0.3 is 0 Å². The summed E-state index contributed by atoms with van der Waals surface area (Å²) >= 11 is 3.20. The van der Waals surface area contributed by atoms with E-state index in [1.807, 2.05) is 0 Å². The fourth-order valence-corrected chi connectivity index (χ4v) is 4.93. The van der Waals surface area contributed by atoms with E-state index in [0.29, 0.717) is 17.6 Å². The molecular weight excluding hydrogens is 359 g/mol. The van der Waals surface area contributed by atoms with Gasteiger partial charge in [0, 0.05) is 36.7 Å². The van der Waals surface area contributed by atoms with Crippen LogP contribution in [0.2, 0.25) is 0 Å². The van der Waals surface area contributed by atoms with E-state index >= 15 is 0 Å². The third-order valence-electron chi connectivity index (χ3n) is 4.00. The predicted molar refractivity (Wildman–Crippen MR) is 82.0 cm³/mol. The zero-order valence-corrected chi connectivity index (χ0v) is 13.8. The van der Waals surface area contributed by atoms with E-state index < -0.39 is 15.8 Å². The highest BCUT2D eigenvalue weighted by Gasteiger charge is 2.36. The van der Waals surface area contributed by atoms with Gasteiger partial charge in [-0.05, 0) is 24.6 Å². The van der Waals surface area contributed by atoms with Crippen molar-refractivity contribution in [3.05, 3.63) is 40.6 Å². The topological polar surface area (TPSA) is 40.6 Å². The molecule has 0 radical (unpaired) electrons. The zero-order valence-electron chi connectivity index (χ0n) is 11.4. The lowest BCUT2D eigenvalue weighted by atomic mass is 10.2. The van der Waals surface area contributed by atoms with E-state index in [1.165, 1.54) is 22.5 Å². The Morgan fingerprint density at radius 1 is 1.24 bits per heavy atom. The van der Waals surface area contributed by atoms with Crippen molar-refractivity contribution < 1.29 is 12.8 Å². The maximum atomic E-state index is 13.9. The van der Waals surface area contributed by atoms with E-state index in [4.69, 9.17) is 0 Å². The first kappa shape index (κ1) is 15.1. The highest BCUT2D eigenvalue weighted by molar-refractivity contribution is 9.10. The molecule has 1 aromatic rings. The van der Waals surface area contributed by atoms with E-state index in [1.54, 1.807) is 0 Å². The first-order chi connectivity index (χ1) is 9.98. The standard InChI is InChI=1S/C14H16BrFN2O2S/c15-11-3-4-13(16)14(9-11)21(19,20)18-8-5-12(10-18)17-6-1-2-7-17/h1-4,9,12H,5-8,10H2. The second-order valence-electron chi connectivity index (χ2n) is 5.31. The summed E-state index contributed by atoms with van der Waals surface area (Å²) in [5.74, 6) is -0.704. The highest BCUT2D eigenvalue weighted by atomic mass is 79.9. The summed E-state index contributed by atoms with van der Waals surface area (Å²) in [5.41, 5.74) is 0. The third kappa shape index (κ3) is 2.92. The molecule has 1 atom stereocenters. The van der Waals surface area contributed by atoms with Crippen LogP contribution >= 0.6 is 15.9 Å². The lowest BCUT2D eigenvalue weighted by Gasteiger charge is -2.23. The Kier molecular flexibility index (Phi) is 4.18. The van der Waals surface area contributed by atoms with Gasteiger partial charge in [0.15, 0.2) is 0 Å². The molecule has 0 saturated carbocycles. The second kappa shape index (κ2) is 5.79. The molecule has 0 aliphatic carbocycles. The van der Waals surface area contributed by atoms with Crippen molar-refractivity contribution in [3.8, 4) is 0 Å². The lowest BCUT2D eigenvalue weighted by molar-refractivity contribution is 0.261. The Morgan fingerprint density at radius 3 is 2.67 bits per heavy atom. The molecule has 0 bridgehead atoms. The highest BCUT2D eigenvalue weighted by Crippen LogP contribution is 2.27. The van der Waals surface area contributed by atoms with Gasteiger partial charge in [0.25, 0.3) is 0 Å². The van der Waals surface area contributed by atoms with Crippen LogP contribution in [0.1, 0.15) is 6.42 Å². The lowest BCUT2D eigenvalue weighted by Crippen LogP contribution is -2.37. The number of nitrogens with zero attached hydrogens (tertiary/aromatic N) is 2. The summed E-state index contributed by atoms with van der Waals surface area (Å²) in [6, 6.07) is 4.21. The van der Waals surface area contributed by atoms with Crippen LogP contribution in [-0.4, -0.2) is 49.8 Å². The molecule has 1 unspecified atom stereocenters. The van der Waals surface area contributed by atoms with Gasteiger partial charge in [0.1, 0.15) is 10.7 Å². The van der Waals surface area contributed by atoms with Crippen molar-refractivity contribution in [2.45, 2.75) is 17.4 Å². The molecule has 21 heavy (non-hydrogen) atoms. The Labute approximate surface area is 132 Å².